The molecular weight excluding hydrogens is 340 g/mol. The third-order valence-electron chi connectivity index (χ3n) is 4.67. The Labute approximate surface area is 158 Å². The maximum absolute atomic E-state index is 12.5. The van der Waals surface area contributed by atoms with Crippen LogP contribution in [0.15, 0.2) is 60.8 Å². The number of nitrogens with one attached hydrogen (secondary N) is 1. The highest BCUT2D eigenvalue weighted by atomic mass is 16.5. The van der Waals surface area contributed by atoms with Gasteiger partial charge in [0, 0.05) is 23.9 Å². The first-order valence-electron chi connectivity index (χ1n) is 9.28. The quantitative estimate of drug-likeness (QED) is 0.729. The van der Waals surface area contributed by atoms with Crippen molar-refractivity contribution in [2.24, 2.45) is 0 Å². The van der Waals surface area contributed by atoms with Crippen molar-refractivity contribution < 1.29 is 14.3 Å². The highest BCUT2D eigenvalue weighted by Gasteiger charge is 2.14. The fourth-order valence-corrected chi connectivity index (χ4v) is 3.16. The Bertz CT molecular complexity index is 918. The van der Waals surface area contributed by atoms with E-state index in [4.69, 9.17) is 9.47 Å². The van der Waals surface area contributed by atoms with Crippen molar-refractivity contribution in [1.29, 1.82) is 0 Å². The fourth-order valence-electron chi connectivity index (χ4n) is 3.16. The number of aromatic nitrogens is 1. The van der Waals surface area contributed by atoms with Gasteiger partial charge in [-0.05, 0) is 55.7 Å². The summed E-state index contributed by atoms with van der Waals surface area (Å²) in [5.74, 6) is 0.590. The van der Waals surface area contributed by atoms with Gasteiger partial charge in [0.05, 0.1) is 17.2 Å². The van der Waals surface area contributed by atoms with Crippen LogP contribution >= 0.6 is 0 Å². The van der Waals surface area contributed by atoms with E-state index in [1.165, 1.54) is 6.42 Å². The second-order valence-electron chi connectivity index (χ2n) is 6.69. The highest BCUT2D eigenvalue weighted by Crippen LogP contribution is 2.19. The molecule has 1 N–H and O–H groups in total. The van der Waals surface area contributed by atoms with Gasteiger partial charge in [0.15, 0.2) is 0 Å². The predicted molar refractivity (Wildman–Crippen MR) is 105 cm³/mol. The molecule has 0 radical (unpaired) electrons. The minimum atomic E-state index is -0.183. The van der Waals surface area contributed by atoms with E-state index in [9.17, 15) is 4.79 Å². The molecule has 1 saturated heterocycles. The molecule has 1 amide bonds. The topological polar surface area (TPSA) is 60.5 Å². The van der Waals surface area contributed by atoms with Crippen molar-refractivity contribution >= 4 is 22.5 Å². The van der Waals surface area contributed by atoms with E-state index in [0.29, 0.717) is 12.2 Å². The third-order valence-corrected chi connectivity index (χ3v) is 4.67. The second-order valence-corrected chi connectivity index (χ2v) is 6.69. The van der Waals surface area contributed by atoms with Crippen molar-refractivity contribution in [2.75, 3.05) is 18.5 Å². The second kappa shape index (κ2) is 8.18. The van der Waals surface area contributed by atoms with Crippen molar-refractivity contribution in [3.63, 3.8) is 0 Å². The van der Waals surface area contributed by atoms with Crippen molar-refractivity contribution in [3.05, 3.63) is 66.4 Å². The molecule has 1 aliphatic heterocycles. The molecular formula is C22H22N2O3. The first-order chi connectivity index (χ1) is 13.3. The van der Waals surface area contributed by atoms with Crippen molar-refractivity contribution in [3.8, 4) is 5.75 Å². The van der Waals surface area contributed by atoms with Crippen LogP contribution < -0.4 is 10.1 Å². The molecule has 0 saturated carbocycles. The number of fused-ring (bicyclic) bond motifs is 1. The SMILES string of the molecule is O=C(Nc1ccc(OCC2CCCCO2)cc1)c1cnc2ccccc2c1. The number of hydrogen-bond acceptors (Lipinski definition) is 4. The molecule has 1 atom stereocenters. The molecule has 1 aliphatic rings. The van der Waals surface area contributed by atoms with Gasteiger partial charge >= 0.3 is 0 Å². The molecule has 1 unspecified atom stereocenters. The van der Waals surface area contributed by atoms with Crippen molar-refractivity contribution in [2.45, 2.75) is 25.4 Å². The fraction of sp³-hybridized carbons (Fsp3) is 0.273. The molecule has 0 spiro atoms. The lowest BCUT2D eigenvalue weighted by Crippen LogP contribution is -2.25. The molecule has 3 aromatic rings. The maximum Gasteiger partial charge on any atom is 0.257 e. The number of pyridine rings is 1. The van der Waals surface area contributed by atoms with Gasteiger partial charge in [-0.15, -0.1) is 0 Å². The Kier molecular flexibility index (Phi) is 5.30. The highest BCUT2D eigenvalue weighted by molar-refractivity contribution is 6.05. The third kappa shape index (κ3) is 4.44. The Morgan fingerprint density at radius 3 is 2.81 bits per heavy atom. The first kappa shape index (κ1) is 17.5. The molecule has 0 bridgehead atoms. The van der Waals surface area contributed by atoms with Crippen molar-refractivity contribution in [1.82, 2.24) is 4.98 Å². The summed E-state index contributed by atoms with van der Waals surface area (Å²) in [5, 5.41) is 3.84. The number of anilines is 1. The zero-order valence-electron chi connectivity index (χ0n) is 15.1. The van der Waals surface area contributed by atoms with E-state index in [0.717, 1.165) is 41.8 Å². The molecule has 27 heavy (non-hydrogen) atoms. The Morgan fingerprint density at radius 2 is 2.00 bits per heavy atom. The minimum absolute atomic E-state index is 0.179. The molecule has 2 aromatic carbocycles. The summed E-state index contributed by atoms with van der Waals surface area (Å²) >= 11 is 0. The number of nitrogens with zero attached hydrogens (tertiary/aromatic N) is 1. The zero-order valence-corrected chi connectivity index (χ0v) is 15.1. The molecule has 5 heteroatoms. The van der Waals surface area contributed by atoms with Gasteiger partial charge in [-0.1, -0.05) is 18.2 Å². The van der Waals surface area contributed by atoms with Crippen LogP contribution in [0.4, 0.5) is 5.69 Å². The smallest absolute Gasteiger partial charge is 0.257 e. The van der Waals surface area contributed by atoms with Crippen LogP contribution in [-0.2, 0) is 4.74 Å². The summed E-state index contributed by atoms with van der Waals surface area (Å²) in [4.78, 5) is 16.8. The molecule has 1 aromatic heterocycles. The molecule has 5 nitrogen and oxygen atoms in total. The van der Waals surface area contributed by atoms with E-state index >= 15 is 0 Å². The summed E-state index contributed by atoms with van der Waals surface area (Å²) < 4.78 is 11.5. The monoisotopic (exact) mass is 362 g/mol. The molecule has 4 rings (SSSR count). The van der Waals surface area contributed by atoms with Crippen LogP contribution in [0.1, 0.15) is 29.6 Å². The molecule has 138 valence electrons. The Hall–Kier alpha value is -2.92. The van der Waals surface area contributed by atoms with Crippen LogP contribution in [0, 0.1) is 0 Å². The molecule has 2 heterocycles. The molecule has 0 aliphatic carbocycles. The normalized spacial score (nSPS) is 16.8. The number of amides is 1. The van der Waals surface area contributed by atoms with E-state index in [2.05, 4.69) is 10.3 Å². The number of rotatable bonds is 5. The van der Waals surface area contributed by atoms with Gasteiger partial charge < -0.3 is 14.8 Å². The lowest BCUT2D eigenvalue weighted by atomic mass is 10.1. The lowest BCUT2D eigenvalue weighted by Gasteiger charge is -2.22. The Balaban J connectivity index is 1.36. The van der Waals surface area contributed by atoms with Gasteiger partial charge in [-0.3, -0.25) is 9.78 Å². The Morgan fingerprint density at radius 1 is 1.15 bits per heavy atom. The molecule has 1 fully saturated rings. The minimum Gasteiger partial charge on any atom is -0.491 e. The maximum atomic E-state index is 12.5. The average molecular weight is 362 g/mol. The number of para-hydroxylation sites is 1. The number of hydrogen-bond donors (Lipinski definition) is 1. The number of ether oxygens (including phenoxy) is 2. The summed E-state index contributed by atoms with van der Waals surface area (Å²) in [6.07, 6.45) is 5.16. The summed E-state index contributed by atoms with van der Waals surface area (Å²) in [6, 6.07) is 17.0. The predicted octanol–water partition coefficient (Wildman–Crippen LogP) is 4.44. The van der Waals surface area contributed by atoms with Gasteiger partial charge in [0.1, 0.15) is 12.4 Å². The lowest BCUT2D eigenvalue weighted by molar-refractivity contribution is -0.0110. The van der Waals surface area contributed by atoms with E-state index in [1.807, 2.05) is 54.6 Å². The summed E-state index contributed by atoms with van der Waals surface area (Å²) in [6.45, 7) is 1.39. The van der Waals surface area contributed by atoms with Gasteiger partial charge in [-0.25, -0.2) is 0 Å². The van der Waals surface area contributed by atoms with Crippen LogP contribution in [-0.4, -0.2) is 30.2 Å². The van der Waals surface area contributed by atoms with Crippen LogP contribution in [0.5, 0.6) is 5.75 Å². The van der Waals surface area contributed by atoms with Crippen LogP contribution in [0.2, 0.25) is 0 Å². The van der Waals surface area contributed by atoms with Crippen LogP contribution in [0.3, 0.4) is 0 Å². The van der Waals surface area contributed by atoms with Crippen LogP contribution in [0.25, 0.3) is 10.9 Å². The van der Waals surface area contributed by atoms with Gasteiger partial charge in [-0.2, -0.15) is 0 Å². The first-order valence-corrected chi connectivity index (χ1v) is 9.28. The number of benzene rings is 2. The largest absolute Gasteiger partial charge is 0.491 e. The summed E-state index contributed by atoms with van der Waals surface area (Å²) in [7, 11) is 0. The average Bonchev–Trinajstić information content (AvgIpc) is 2.73. The summed E-state index contributed by atoms with van der Waals surface area (Å²) in [5.41, 5.74) is 2.12. The van der Waals surface area contributed by atoms with E-state index < -0.39 is 0 Å². The number of carbonyl (C=O) groups is 1. The zero-order chi connectivity index (χ0) is 18.5. The van der Waals surface area contributed by atoms with E-state index in [1.54, 1.807) is 6.20 Å². The van der Waals surface area contributed by atoms with E-state index in [-0.39, 0.29) is 12.0 Å². The van der Waals surface area contributed by atoms with Gasteiger partial charge in [0.25, 0.3) is 5.91 Å². The number of carbonyl (C=O) groups excluding carboxylic acids is 1. The van der Waals surface area contributed by atoms with Gasteiger partial charge in [0.2, 0.25) is 0 Å². The standard InChI is InChI=1S/C22H22N2O3/c25-22(17-13-16-5-1-2-7-21(16)23-14-17)24-18-8-10-19(11-9-18)27-15-20-6-3-4-12-26-20/h1-2,5,7-11,13-14,20H,3-4,6,12,15H2,(H,24,25).